The second-order valence-corrected chi connectivity index (χ2v) is 7.14. The Kier molecular flexibility index (Phi) is 3.67. The first-order valence-electron chi connectivity index (χ1n) is 7.23. The van der Waals surface area contributed by atoms with Gasteiger partial charge < -0.3 is 10.0 Å². The summed E-state index contributed by atoms with van der Waals surface area (Å²) in [5.74, 6) is 0.0602. The number of aliphatic hydroxyl groups is 1. The predicted octanol–water partition coefficient (Wildman–Crippen LogP) is 3.15. The molecule has 1 heterocycles. The van der Waals surface area contributed by atoms with Crippen molar-refractivity contribution in [1.29, 1.82) is 0 Å². The van der Waals surface area contributed by atoms with E-state index < -0.39 is 0 Å². The van der Waals surface area contributed by atoms with Crippen LogP contribution in [0.2, 0.25) is 0 Å². The van der Waals surface area contributed by atoms with Crippen LogP contribution < -0.4 is 0 Å². The van der Waals surface area contributed by atoms with Gasteiger partial charge in [0.1, 0.15) is 0 Å². The minimum atomic E-state index is -0.347. The molecule has 0 saturated carbocycles. The number of amides is 1. The smallest absolute Gasteiger partial charge is 0.255 e. The molecule has 0 radical (unpaired) electrons. The van der Waals surface area contributed by atoms with Crippen LogP contribution in [-0.4, -0.2) is 33.1 Å². The zero-order chi connectivity index (χ0) is 15.1. The van der Waals surface area contributed by atoms with Gasteiger partial charge in [0.15, 0.2) is 0 Å². The highest BCUT2D eigenvalue weighted by molar-refractivity contribution is 5.96. The molecule has 0 atom stereocenters. The number of hydrogen-bond acceptors (Lipinski definition) is 2. The van der Waals surface area contributed by atoms with Crippen molar-refractivity contribution in [2.75, 3.05) is 0 Å². The van der Waals surface area contributed by atoms with Gasteiger partial charge in [-0.2, -0.15) is 0 Å². The zero-order valence-corrected chi connectivity index (χ0v) is 13.1. The lowest BCUT2D eigenvalue weighted by molar-refractivity contribution is -0.0591. The fourth-order valence-electron chi connectivity index (χ4n) is 3.71. The van der Waals surface area contributed by atoms with E-state index in [1.54, 1.807) is 0 Å². The number of carbonyl (C=O) groups excluding carboxylic acids is 1. The molecule has 1 amide bonds. The number of carbonyl (C=O) groups is 1. The van der Waals surface area contributed by atoms with Gasteiger partial charge in [0.2, 0.25) is 0 Å². The van der Waals surface area contributed by atoms with Crippen molar-refractivity contribution in [2.45, 2.75) is 64.6 Å². The summed E-state index contributed by atoms with van der Waals surface area (Å²) in [4.78, 5) is 15.0. The van der Waals surface area contributed by atoms with E-state index in [4.69, 9.17) is 0 Å². The highest BCUT2D eigenvalue weighted by Gasteiger charge is 2.47. The van der Waals surface area contributed by atoms with E-state index in [1.165, 1.54) is 0 Å². The van der Waals surface area contributed by atoms with E-state index in [0.29, 0.717) is 12.8 Å². The standard InChI is InChI=1S/C17H25NO2/c1-12-8-6-7-9-14(12)15(20)18-16(2,3)10-13(19)11-17(18,4)5/h6-9,13,19H,10-11H2,1-5H3. The maximum atomic E-state index is 13.0. The Morgan fingerprint density at radius 2 is 1.65 bits per heavy atom. The Labute approximate surface area is 121 Å². The van der Waals surface area contributed by atoms with Crippen LogP contribution in [0.15, 0.2) is 24.3 Å². The second-order valence-electron chi connectivity index (χ2n) is 7.14. The van der Waals surface area contributed by atoms with Crippen LogP contribution in [-0.2, 0) is 0 Å². The van der Waals surface area contributed by atoms with E-state index in [2.05, 4.69) is 0 Å². The Morgan fingerprint density at radius 3 is 2.15 bits per heavy atom. The largest absolute Gasteiger partial charge is 0.393 e. The zero-order valence-electron chi connectivity index (χ0n) is 13.1. The van der Waals surface area contributed by atoms with E-state index in [-0.39, 0.29) is 23.1 Å². The van der Waals surface area contributed by atoms with Gasteiger partial charge in [-0.3, -0.25) is 4.79 Å². The van der Waals surface area contributed by atoms with Crippen LogP contribution in [0.5, 0.6) is 0 Å². The van der Waals surface area contributed by atoms with Gasteiger partial charge in [0.05, 0.1) is 6.10 Å². The molecular formula is C17H25NO2. The molecule has 0 spiro atoms. The Balaban J connectivity index is 2.44. The van der Waals surface area contributed by atoms with Crippen LogP contribution in [0.25, 0.3) is 0 Å². The van der Waals surface area contributed by atoms with E-state index in [9.17, 15) is 9.90 Å². The van der Waals surface area contributed by atoms with Gasteiger partial charge in [-0.25, -0.2) is 0 Å². The summed E-state index contributed by atoms with van der Waals surface area (Å²) in [6, 6.07) is 7.70. The molecule has 1 saturated heterocycles. The lowest BCUT2D eigenvalue weighted by Gasteiger charge is -2.54. The molecule has 3 nitrogen and oxygen atoms in total. The van der Waals surface area contributed by atoms with E-state index in [0.717, 1.165) is 11.1 Å². The molecule has 1 aromatic rings. The first-order chi connectivity index (χ1) is 9.15. The molecule has 110 valence electrons. The summed E-state index contributed by atoms with van der Waals surface area (Å²) in [6.07, 6.45) is 0.892. The predicted molar refractivity (Wildman–Crippen MR) is 80.7 cm³/mol. The lowest BCUT2D eigenvalue weighted by Crippen LogP contribution is -2.63. The minimum absolute atomic E-state index is 0.0602. The number of hydrogen-bond donors (Lipinski definition) is 1. The third kappa shape index (κ3) is 2.59. The Bertz CT molecular complexity index is 501. The number of rotatable bonds is 1. The number of likely N-dealkylation sites (tertiary alicyclic amines) is 1. The SMILES string of the molecule is Cc1ccccc1C(=O)N1C(C)(C)CC(O)CC1(C)C. The van der Waals surface area contributed by atoms with Crippen LogP contribution >= 0.6 is 0 Å². The number of nitrogens with zero attached hydrogens (tertiary/aromatic N) is 1. The molecular weight excluding hydrogens is 250 g/mol. The quantitative estimate of drug-likeness (QED) is 0.855. The third-order valence-corrected chi connectivity index (χ3v) is 4.26. The van der Waals surface area contributed by atoms with Crippen LogP contribution in [0, 0.1) is 6.92 Å². The fraction of sp³-hybridized carbons (Fsp3) is 0.588. The molecule has 1 aromatic carbocycles. The van der Waals surface area contributed by atoms with Crippen LogP contribution in [0.1, 0.15) is 56.5 Å². The van der Waals surface area contributed by atoms with Crippen molar-refractivity contribution in [3.63, 3.8) is 0 Å². The van der Waals surface area contributed by atoms with Crippen LogP contribution in [0.4, 0.5) is 0 Å². The van der Waals surface area contributed by atoms with Gasteiger partial charge in [-0.1, -0.05) is 18.2 Å². The fourth-order valence-corrected chi connectivity index (χ4v) is 3.71. The average Bonchev–Trinajstić information content (AvgIpc) is 2.24. The van der Waals surface area contributed by atoms with Crippen molar-refractivity contribution in [3.05, 3.63) is 35.4 Å². The first kappa shape index (κ1) is 15.0. The number of aryl methyl sites for hydroxylation is 1. The van der Waals surface area contributed by atoms with Gasteiger partial charge in [0.25, 0.3) is 5.91 Å². The van der Waals surface area contributed by atoms with Crippen molar-refractivity contribution >= 4 is 5.91 Å². The third-order valence-electron chi connectivity index (χ3n) is 4.26. The topological polar surface area (TPSA) is 40.5 Å². The van der Waals surface area contributed by atoms with Crippen molar-refractivity contribution < 1.29 is 9.90 Å². The average molecular weight is 275 g/mol. The highest BCUT2D eigenvalue weighted by atomic mass is 16.3. The molecule has 1 fully saturated rings. The van der Waals surface area contributed by atoms with Crippen molar-refractivity contribution in [2.24, 2.45) is 0 Å². The summed E-state index contributed by atoms with van der Waals surface area (Å²) in [5, 5.41) is 10.1. The molecule has 1 aliphatic heterocycles. The molecule has 20 heavy (non-hydrogen) atoms. The Hall–Kier alpha value is -1.35. The first-order valence-corrected chi connectivity index (χ1v) is 7.23. The number of piperidine rings is 1. The van der Waals surface area contributed by atoms with Gasteiger partial charge in [-0.15, -0.1) is 0 Å². The molecule has 2 rings (SSSR count). The molecule has 0 unspecified atom stereocenters. The number of benzene rings is 1. The normalized spacial score (nSPS) is 21.8. The molecule has 1 N–H and O–H groups in total. The summed E-state index contributed by atoms with van der Waals surface area (Å²) in [6.45, 7) is 10.1. The summed E-state index contributed by atoms with van der Waals surface area (Å²) in [7, 11) is 0. The molecule has 0 aliphatic carbocycles. The van der Waals surface area contributed by atoms with Gasteiger partial charge in [-0.05, 0) is 59.1 Å². The van der Waals surface area contributed by atoms with E-state index >= 15 is 0 Å². The molecule has 1 aliphatic rings. The van der Waals surface area contributed by atoms with Crippen molar-refractivity contribution in [1.82, 2.24) is 4.90 Å². The highest BCUT2D eigenvalue weighted by Crippen LogP contribution is 2.39. The Morgan fingerprint density at radius 1 is 1.15 bits per heavy atom. The maximum absolute atomic E-state index is 13.0. The van der Waals surface area contributed by atoms with Gasteiger partial charge in [0, 0.05) is 16.6 Å². The molecule has 0 aromatic heterocycles. The summed E-state index contributed by atoms with van der Waals surface area (Å²) < 4.78 is 0. The second kappa shape index (κ2) is 4.88. The molecule has 3 heteroatoms. The summed E-state index contributed by atoms with van der Waals surface area (Å²) >= 11 is 0. The van der Waals surface area contributed by atoms with Gasteiger partial charge >= 0.3 is 0 Å². The van der Waals surface area contributed by atoms with Crippen molar-refractivity contribution in [3.8, 4) is 0 Å². The van der Waals surface area contributed by atoms with E-state index in [1.807, 2.05) is 63.8 Å². The lowest BCUT2D eigenvalue weighted by atomic mass is 9.77. The monoisotopic (exact) mass is 275 g/mol. The molecule has 0 bridgehead atoms. The number of aliphatic hydroxyl groups excluding tert-OH is 1. The summed E-state index contributed by atoms with van der Waals surface area (Å²) in [5.41, 5.74) is 1.06. The maximum Gasteiger partial charge on any atom is 0.255 e. The minimum Gasteiger partial charge on any atom is -0.393 e. The van der Waals surface area contributed by atoms with Crippen LogP contribution in [0.3, 0.4) is 0 Å².